The van der Waals surface area contributed by atoms with Crippen molar-refractivity contribution in [1.82, 2.24) is 9.88 Å². The molecule has 2 N–H and O–H groups in total. The van der Waals surface area contributed by atoms with E-state index >= 15 is 0 Å². The molecule has 6 heteroatoms. The molecule has 1 aliphatic heterocycles. The fraction of sp³-hybridized carbons (Fsp3) is 0.429. The predicted octanol–water partition coefficient (Wildman–Crippen LogP) is 2.13. The summed E-state index contributed by atoms with van der Waals surface area (Å²) in [6, 6.07) is 1.96. The van der Waals surface area contributed by atoms with E-state index in [0.29, 0.717) is 17.2 Å². The van der Waals surface area contributed by atoms with Gasteiger partial charge in [-0.3, -0.25) is 9.78 Å². The number of aromatic nitrogens is 1. The maximum atomic E-state index is 12.6. The molecule has 0 radical (unpaired) electrons. The Kier molecular flexibility index (Phi) is 3.35. The molecular weight excluding hydrogens is 274 g/mol. The number of carbonyl (C=O) groups is 1. The molecule has 1 fully saturated rings. The molecule has 0 spiro atoms. The van der Waals surface area contributed by atoms with E-state index in [1.807, 2.05) is 20.0 Å². The molecule has 2 aromatic heterocycles. The van der Waals surface area contributed by atoms with Gasteiger partial charge in [-0.2, -0.15) is 0 Å². The van der Waals surface area contributed by atoms with E-state index in [1.165, 1.54) is 11.3 Å². The van der Waals surface area contributed by atoms with Gasteiger partial charge in [-0.05, 0) is 19.4 Å². The average molecular weight is 291 g/mol. The van der Waals surface area contributed by atoms with Crippen molar-refractivity contribution in [1.29, 1.82) is 0 Å². The molecule has 1 aliphatic rings. The Morgan fingerprint density at radius 2 is 2.40 bits per heavy atom. The molecule has 106 valence electrons. The number of amides is 1. The molecule has 1 saturated heterocycles. The number of nitrogens with zero attached hydrogens (tertiary/aromatic N) is 2. The van der Waals surface area contributed by atoms with Gasteiger partial charge in [-0.15, -0.1) is 11.3 Å². The van der Waals surface area contributed by atoms with E-state index in [9.17, 15) is 4.79 Å². The molecule has 1 amide bonds. The number of thiophene rings is 1. The normalized spacial score (nSPS) is 22.3. The molecule has 3 heterocycles. The zero-order chi connectivity index (χ0) is 14.3. The lowest BCUT2D eigenvalue weighted by Crippen LogP contribution is -2.40. The predicted molar refractivity (Wildman–Crippen MR) is 79.9 cm³/mol. The summed E-state index contributed by atoms with van der Waals surface area (Å²) in [5, 5.41) is 0.900. The van der Waals surface area contributed by atoms with Crippen molar-refractivity contribution < 1.29 is 9.53 Å². The van der Waals surface area contributed by atoms with Gasteiger partial charge in [0.15, 0.2) is 0 Å². The lowest BCUT2D eigenvalue weighted by atomic mass is 10.1. The van der Waals surface area contributed by atoms with Crippen LogP contribution in [-0.4, -0.2) is 41.6 Å². The monoisotopic (exact) mass is 291 g/mol. The zero-order valence-corrected chi connectivity index (χ0v) is 12.3. The van der Waals surface area contributed by atoms with Crippen LogP contribution in [0.15, 0.2) is 18.5 Å². The van der Waals surface area contributed by atoms with E-state index in [4.69, 9.17) is 10.5 Å². The van der Waals surface area contributed by atoms with Crippen LogP contribution in [-0.2, 0) is 4.74 Å². The minimum Gasteiger partial charge on any atom is -0.397 e. The summed E-state index contributed by atoms with van der Waals surface area (Å²) in [6.07, 6.45) is 4.38. The van der Waals surface area contributed by atoms with E-state index < -0.39 is 0 Å². The number of fused-ring (bicyclic) bond motifs is 1. The number of carbonyl (C=O) groups excluding carboxylic acids is 1. The first-order valence-corrected chi connectivity index (χ1v) is 7.42. The largest absolute Gasteiger partial charge is 0.397 e. The van der Waals surface area contributed by atoms with Crippen LogP contribution in [0.5, 0.6) is 0 Å². The summed E-state index contributed by atoms with van der Waals surface area (Å²) < 4.78 is 6.47. The molecule has 3 rings (SSSR count). The second kappa shape index (κ2) is 5.03. The van der Waals surface area contributed by atoms with Crippen molar-refractivity contribution in [2.75, 3.05) is 19.4 Å². The van der Waals surface area contributed by atoms with Crippen molar-refractivity contribution in [3.8, 4) is 0 Å². The van der Waals surface area contributed by atoms with Crippen LogP contribution in [0.3, 0.4) is 0 Å². The topological polar surface area (TPSA) is 68.5 Å². The van der Waals surface area contributed by atoms with E-state index in [1.54, 1.807) is 17.3 Å². The molecule has 0 aromatic carbocycles. The summed E-state index contributed by atoms with van der Waals surface area (Å²) in [7, 11) is 1.82. The number of anilines is 1. The standard InChI is InChI=1S/C14H17N3O2S/c1-8-10(4-6-19-8)17(2)14(18)13-12(15)9-3-5-16-7-11(9)20-13/h3,5,7-8,10H,4,6,15H2,1-2H3. The minimum atomic E-state index is -0.0361. The summed E-state index contributed by atoms with van der Waals surface area (Å²) in [5.41, 5.74) is 6.67. The van der Waals surface area contributed by atoms with Crippen LogP contribution >= 0.6 is 11.3 Å². The van der Waals surface area contributed by atoms with Gasteiger partial charge in [-0.1, -0.05) is 0 Å². The molecule has 0 bridgehead atoms. The van der Waals surface area contributed by atoms with Crippen LogP contribution in [0.2, 0.25) is 0 Å². The first-order chi connectivity index (χ1) is 9.59. The highest BCUT2D eigenvalue weighted by atomic mass is 32.1. The van der Waals surface area contributed by atoms with Crippen LogP contribution in [0.25, 0.3) is 10.1 Å². The maximum absolute atomic E-state index is 12.6. The number of likely N-dealkylation sites (N-methyl/N-ethyl adjacent to an activating group) is 1. The first kappa shape index (κ1) is 13.3. The number of rotatable bonds is 2. The van der Waals surface area contributed by atoms with E-state index in [-0.39, 0.29) is 18.1 Å². The van der Waals surface area contributed by atoms with Crippen molar-refractivity contribution in [3.05, 3.63) is 23.3 Å². The molecule has 20 heavy (non-hydrogen) atoms. The smallest absolute Gasteiger partial charge is 0.266 e. The van der Waals surface area contributed by atoms with Crippen LogP contribution in [0, 0.1) is 0 Å². The lowest BCUT2D eigenvalue weighted by molar-refractivity contribution is 0.0579. The second-order valence-corrected chi connectivity index (χ2v) is 6.12. The SMILES string of the molecule is CC1OCCC1N(C)C(=O)c1sc2cnccc2c1N. The highest BCUT2D eigenvalue weighted by Gasteiger charge is 2.32. The van der Waals surface area contributed by atoms with Gasteiger partial charge < -0.3 is 15.4 Å². The Hall–Kier alpha value is -1.66. The number of hydrogen-bond donors (Lipinski definition) is 1. The number of pyridine rings is 1. The van der Waals surface area contributed by atoms with Gasteiger partial charge in [0.2, 0.25) is 0 Å². The van der Waals surface area contributed by atoms with Gasteiger partial charge in [0.25, 0.3) is 5.91 Å². The number of nitrogen functional groups attached to an aromatic ring is 1. The molecule has 0 saturated carbocycles. The van der Waals surface area contributed by atoms with Gasteiger partial charge >= 0.3 is 0 Å². The Labute approximate surface area is 121 Å². The zero-order valence-electron chi connectivity index (χ0n) is 11.5. The van der Waals surface area contributed by atoms with Crippen molar-refractivity contribution in [2.45, 2.75) is 25.5 Å². The molecule has 0 aliphatic carbocycles. The molecule has 2 unspecified atom stereocenters. The third-order valence-corrected chi connectivity index (χ3v) is 5.02. The quantitative estimate of drug-likeness (QED) is 0.920. The van der Waals surface area contributed by atoms with Gasteiger partial charge in [0.05, 0.1) is 22.5 Å². The summed E-state index contributed by atoms with van der Waals surface area (Å²) in [6.45, 7) is 2.70. The third kappa shape index (κ3) is 2.05. The number of nitrogens with two attached hydrogens (primary N) is 1. The molecule has 2 atom stereocenters. The Morgan fingerprint density at radius 3 is 3.05 bits per heavy atom. The molecule has 5 nitrogen and oxygen atoms in total. The second-order valence-electron chi connectivity index (χ2n) is 5.06. The van der Waals surface area contributed by atoms with E-state index in [2.05, 4.69) is 4.98 Å². The van der Waals surface area contributed by atoms with Crippen LogP contribution in [0.1, 0.15) is 23.0 Å². The van der Waals surface area contributed by atoms with Gasteiger partial charge in [0, 0.05) is 31.4 Å². The fourth-order valence-corrected chi connectivity index (χ4v) is 3.74. The maximum Gasteiger partial charge on any atom is 0.266 e. The minimum absolute atomic E-state index is 0.0361. The first-order valence-electron chi connectivity index (χ1n) is 6.60. The molecule has 2 aromatic rings. The highest BCUT2D eigenvalue weighted by Crippen LogP contribution is 2.34. The Morgan fingerprint density at radius 1 is 1.60 bits per heavy atom. The average Bonchev–Trinajstić information content (AvgIpc) is 3.02. The summed E-state index contributed by atoms with van der Waals surface area (Å²) in [4.78, 5) is 19.1. The van der Waals surface area contributed by atoms with Crippen LogP contribution < -0.4 is 5.73 Å². The van der Waals surface area contributed by atoms with Crippen LogP contribution in [0.4, 0.5) is 5.69 Å². The number of ether oxygens (including phenoxy) is 1. The Bertz CT molecular complexity index is 655. The van der Waals surface area contributed by atoms with Crippen molar-refractivity contribution in [3.63, 3.8) is 0 Å². The number of hydrogen-bond acceptors (Lipinski definition) is 5. The van der Waals surface area contributed by atoms with Crippen molar-refractivity contribution >= 4 is 33.0 Å². The lowest BCUT2D eigenvalue weighted by Gasteiger charge is -2.26. The summed E-state index contributed by atoms with van der Waals surface area (Å²) in [5.74, 6) is -0.0361. The fourth-order valence-electron chi connectivity index (χ4n) is 2.67. The van der Waals surface area contributed by atoms with Gasteiger partial charge in [0.1, 0.15) is 4.88 Å². The highest BCUT2D eigenvalue weighted by molar-refractivity contribution is 7.21. The van der Waals surface area contributed by atoms with Crippen molar-refractivity contribution in [2.24, 2.45) is 0 Å². The molecular formula is C14H17N3O2S. The van der Waals surface area contributed by atoms with Gasteiger partial charge in [-0.25, -0.2) is 0 Å². The third-order valence-electron chi connectivity index (χ3n) is 3.88. The Balaban J connectivity index is 1.94. The summed E-state index contributed by atoms with van der Waals surface area (Å²) >= 11 is 1.40. The van der Waals surface area contributed by atoms with E-state index in [0.717, 1.165) is 16.5 Å².